The van der Waals surface area contributed by atoms with Crippen LogP contribution in [-0.2, 0) is 59.9 Å². The molecule has 0 heterocycles. The summed E-state index contributed by atoms with van der Waals surface area (Å²) in [5.41, 5.74) is 12.0. The Morgan fingerprint density at radius 3 is 0.981 bits per heavy atom. The van der Waals surface area contributed by atoms with Gasteiger partial charge >= 0.3 is 0 Å². The van der Waals surface area contributed by atoms with E-state index >= 15 is 0 Å². The van der Waals surface area contributed by atoms with E-state index in [1.165, 1.54) is 27.8 Å². The first-order valence-corrected chi connectivity index (χ1v) is 19.6. The van der Waals surface area contributed by atoms with Crippen LogP contribution in [0.15, 0.2) is 72.8 Å². The molecular weight excluding hydrogens is 653 g/mol. The number of aryl methyl sites for hydroxylation is 1. The molecule has 4 rings (SSSR count). The zero-order valence-corrected chi connectivity index (χ0v) is 34.9. The average Bonchev–Trinajstić information content (AvgIpc) is 3.09. The molecule has 4 aromatic carbocycles. The molecule has 0 saturated carbocycles. The lowest BCUT2D eigenvalue weighted by atomic mass is 9.63. The molecule has 0 atom stereocenters. The summed E-state index contributed by atoms with van der Waals surface area (Å²) < 4.78 is 0. The van der Waals surface area contributed by atoms with Crippen molar-refractivity contribution in [1.82, 2.24) is 0 Å². The number of aliphatic hydroxyl groups excluding tert-OH is 4. The van der Waals surface area contributed by atoms with Gasteiger partial charge in [0, 0.05) is 5.41 Å². The van der Waals surface area contributed by atoms with Crippen LogP contribution in [0.3, 0.4) is 0 Å². The monoisotopic (exact) mass is 721 g/mol. The second-order valence-electron chi connectivity index (χ2n) is 19.4. The van der Waals surface area contributed by atoms with Crippen molar-refractivity contribution in [3.05, 3.63) is 140 Å². The number of hydrogen-bond donors (Lipinski definition) is 4. The molecule has 0 bridgehead atoms. The first kappa shape index (κ1) is 42.5. The van der Waals surface area contributed by atoms with Crippen molar-refractivity contribution in [3.8, 4) is 0 Å². The zero-order valence-electron chi connectivity index (χ0n) is 34.9. The van der Waals surface area contributed by atoms with Crippen LogP contribution in [0.25, 0.3) is 0 Å². The van der Waals surface area contributed by atoms with E-state index in [-0.39, 0.29) is 48.1 Å². The summed E-state index contributed by atoms with van der Waals surface area (Å²) in [7, 11) is 0. The molecule has 0 radical (unpaired) electrons. The van der Waals surface area contributed by atoms with E-state index in [0.717, 1.165) is 64.6 Å². The molecule has 53 heavy (non-hydrogen) atoms. The van der Waals surface area contributed by atoms with Crippen LogP contribution in [0.1, 0.15) is 169 Å². The van der Waals surface area contributed by atoms with Crippen molar-refractivity contribution in [3.63, 3.8) is 0 Å². The van der Waals surface area contributed by atoms with Gasteiger partial charge in [-0.2, -0.15) is 0 Å². The lowest BCUT2D eigenvalue weighted by Crippen LogP contribution is -2.32. The van der Waals surface area contributed by atoms with Gasteiger partial charge in [0.05, 0.1) is 26.4 Å². The van der Waals surface area contributed by atoms with Gasteiger partial charge in [-0.05, 0) is 108 Å². The van der Waals surface area contributed by atoms with Gasteiger partial charge in [0.2, 0.25) is 0 Å². The maximum atomic E-state index is 10.5. The van der Waals surface area contributed by atoms with Gasteiger partial charge in [0.1, 0.15) is 0 Å². The third-order valence-corrected chi connectivity index (χ3v) is 11.2. The highest BCUT2D eigenvalue weighted by Crippen LogP contribution is 2.48. The Kier molecular flexibility index (Phi) is 13.0. The van der Waals surface area contributed by atoms with Crippen molar-refractivity contribution in [2.45, 2.75) is 162 Å². The molecule has 0 aromatic heterocycles. The zero-order chi connectivity index (χ0) is 39.6. The van der Waals surface area contributed by atoms with Crippen LogP contribution in [-0.4, -0.2) is 20.4 Å². The number of benzene rings is 4. The Hall–Kier alpha value is -3.28. The molecule has 0 aliphatic heterocycles. The Morgan fingerprint density at radius 2 is 0.679 bits per heavy atom. The third kappa shape index (κ3) is 9.34. The predicted octanol–water partition coefficient (Wildman–Crippen LogP) is 10.6. The van der Waals surface area contributed by atoms with Crippen molar-refractivity contribution in [2.75, 3.05) is 0 Å². The largest absolute Gasteiger partial charge is 0.392 e. The van der Waals surface area contributed by atoms with E-state index in [9.17, 15) is 20.4 Å². The number of unbranched alkanes of at least 4 members (excludes halogenated alkanes) is 1. The first-order valence-electron chi connectivity index (χ1n) is 19.6. The molecule has 0 amide bonds. The minimum atomic E-state index is -0.576. The summed E-state index contributed by atoms with van der Waals surface area (Å²) in [5, 5.41) is 41.6. The average molecular weight is 721 g/mol. The van der Waals surface area contributed by atoms with Crippen LogP contribution in [0.4, 0.5) is 0 Å². The molecule has 0 aliphatic carbocycles. The van der Waals surface area contributed by atoms with Crippen molar-refractivity contribution < 1.29 is 20.4 Å². The highest BCUT2D eigenvalue weighted by molar-refractivity contribution is 5.56. The fraction of sp³-hybridized carbons (Fsp3) is 0.510. The lowest BCUT2D eigenvalue weighted by Gasteiger charge is -2.40. The van der Waals surface area contributed by atoms with Crippen molar-refractivity contribution in [2.24, 2.45) is 0 Å². The molecular formula is C49H68O4. The maximum Gasteiger partial charge on any atom is 0.0684 e. The fourth-order valence-corrected chi connectivity index (χ4v) is 8.30. The van der Waals surface area contributed by atoms with E-state index in [1.54, 1.807) is 0 Å². The minimum Gasteiger partial charge on any atom is -0.392 e. The van der Waals surface area contributed by atoms with Gasteiger partial charge in [0.25, 0.3) is 0 Å². The maximum absolute atomic E-state index is 10.5. The Bertz CT molecular complexity index is 1700. The van der Waals surface area contributed by atoms with Crippen LogP contribution in [0, 0.1) is 0 Å². The summed E-state index contributed by atoms with van der Waals surface area (Å²) in [4.78, 5) is 0. The Labute approximate surface area is 321 Å². The van der Waals surface area contributed by atoms with E-state index in [2.05, 4.69) is 156 Å². The molecule has 288 valence electrons. The fourth-order valence-electron chi connectivity index (χ4n) is 8.30. The summed E-state index contributed by atoms with van der Waals surface area (Å²) in [6.07, 6.45) is 3.68. The molecule has 0 unspecified atom stereocenters. The van der Waals surface area contributed by atoms with E-state index in [1.807, 2.05) is 0 Å². The van der Waals surface area contributed by atoms with Gasteiger partial charge in [-0.1, -0.05) is 162 Å². The summed E-state index contributed by atoms with van der Waals surface area (Å²) in [6.45, 7) is 26.5. The van der Waals surface area contributed by atoms with Gasteiger partial charge in [-0.25, -0.2) is 0 Å². The third-order valence-electron chi connectivity index (χ3n) is 11.2. The number of aliphatic hydroxyl groups is 4. The molecule has 4 nitrogen and oxygen atoms in total. The van der Waals surface area contributed by atoms with Crippen LogP contribution < -0.4 is 0 Å². The standard InChI is InChI=1S/C49H68O4/c1-45(2,3)41-25-33(16-17-34(41)29-50)15-13-14-24-49(38-21-18-35(30-51)42(26-38)46(4,5)6,39-22-19-36(31-52)43(27-39)47(7,8)9)40-23-20-37(32-53)44(28-40)48(10,11)12/h16-23,25-28,50-53H,13-15,24,29-32H2,1-12H3. The molecule has 0 saturated heterocycles. The second-order valence-corrected chi connectivity index (χ2v) is 19.4. The number of rotatable bonds is 12. The summed E-state index contributed by atoms with van der Waals surface area (Å²) >= 11 is 0. The highest BCUT2D eigenvalue weighted by atomic mass is 16.3. The molecule has 0 aliphatic rings. The van der Waals surface area contributed by atoms with Crippen LogP contribution >= 0.6 is 0 Å². The molecule has 4 aromatic rings. The highest BCUT2D eigenvalue weighted by Gasteiger charge is 2.39. The van der Waals surface area contributed by atoms with Crippen LogP contribution in [0.5, 0.6) is 0 Å². The van der Waals surface area contributed by atoms with E-state index < -0.39 is 5.41 Å². The summed E-state index contributed by atoms with van der Waals surface area (Å²) in [6, 6.07) is 26.5. The molecule has 0 fully saturated rings. The number of hydrogen-bond acceptors (Lipinski definition) is 4. The van der Waals surface area contributed by atoms with Gasteiger partial charge in [0.15, 0.2) is 0 Å². The SMILES string of the molecule is CC(C)(C)c1cc(CCCCC(c2ccc(CO)c(C(C)(C)C)c2)(c2ccc(CO)c(C(C)(C)C)c2)c2ccc(CO)c(C(C)(C)C)c2)ccc1CO. The van der Waals surface area contributed by atoms with Gasteiger partial charge in [-0.15, -0.1) is 0 Å². The lowest BCUT2D eigenvalue weighted by molar-refractivity contribution is 0.278. The second kappa shape index (κ2) is 16.2. The minimum absolute atomic E-state index is 0.0236. The molecule has 4 heteroatoms. The van der Waals surface area contributed by atoms with Crippen molar-refractivity contribution >= 4 is 0 Å². The summed E-state index contributed by atoms with van der Waals surface area (Å²) in [5.74, 6) is 0. The van der Waals surface area contributed by atoms with E-state index in [0.29, 0.717) is 0 Å². The van der Waals surface area contributed by atoms with Crippen LogP contribution in [0.2, 0.25) is 0 Å². The smallest absolute Gasteiger partial charge is 0.0684 e. The normalized spacial score (nSPS) is 13.1. The Balaban J connectivity index is 2.02. The first-order chi connectivity index (χ1) is 24.6. The van der Waals surface area contributed by atoms with Gasteiger partial charge < -0.3 is 20.4 Å². The molecule has 4 N–H and O–H groups in total. The van der Waals surface area contributed by atoms with Crippen molar-refractivity contribution in [1.29, 1.82) is 0 Å². The quantitative estimate of drug-likeness (QED) is 0.0868. The molecule has 0 spiro atoms. The topological polar surface area (TPSA) is 80.9 Å². The predicted molar refractivity (Wildman–Crippen MR) is 222 cm³/mol. The van der Waals surface area contributed by atoms with Gasteiger partial charge in [-0.3, -0.25) is 0 Å². The Morgan fingerprint density at radius 1 is 0.377 bits per heavy atom. The van der Waals surface area contributed by atoms with E-state index in [4.69, 9.17) is 0 Å².